The van der Waals surface area contributed by atoms with Crippen LogP contribution in [0.1, 0.15) is 0 Å². The van der Waals surface area contributed by atoms with Crippen molar-refractivity contribution in [2.24, 2.45) is 0 Å². The predicted molar refractivity (Wildman–Crippen MR) is 65.8 cm³/mol. The van der Waals surface area contributed by atoms with E-state index < -0.39 is 0 Å². The average molecular weight is 232 g/mol. The molecule has 2 aromatic heterocycles. The highest BCUT2D eigenvalue weighted by Gasteiger charge is 1.94. The second-order valence-corrected chi connectivity index (χ2v) is 3.75. The van der Waals surface area contributed by atoms with E-state index in [4.69, 9.17) is 0 Å². The van der Waals surface area contributed by atoms with E-state index in [2.05, 4.69) is 10.4 Å². The van der Waals surface area contributed by atoms with Gasteiger partial charge in [0.15, 0.2) is 0 Å². The standard InChI is InChI=1S/C12H16N4O/c17-12-4-1-2-8-15(12)10-6-13-7-11-16-9-3-5-14-16/h1-5,8-9,13H,6-7,10-11H2. The zero-order valence-electron chi connectivity index (χ0n) is 9.62. The van der Waals surface area contributed by atoms with Gasteiger partial charge in [0.2, 0.25) is 0 Å². The maximum absolute atomic E-state index is 11.4. The topological polar surface area (TPSA) is 51.9 Å². The first-order valence-electron chi connectivity index (χ1n) is 5.70. The SMILES string of the molecule is O=c1ccccn1CCNCCn1cccn1. The molecular formula is C12H16N4O. The third-order valence-electron chi connectivity index (χ3n) is 2.51. The molecule has 0 spiro atoms. The minimum Gasteiger partial charge on any atom is -0.314 e. The van der Waals surface area contributed by atoms with Gasteiger partial charge in [0.1, 0.15) is 0 Å². The molecule has 2 aromatic rings. The van der Waals surface area contributed by atoms with Gasteiger partial charge in [-0.1, -0.05) is 6.07 Å². The molecular weight excluding hydrogens is 216 g/mol. The molecule has 0 fully saturated rings. The van der Waals surface area contributed by atoms with E-state index in [0.717, 1.165) is 19.6 Å². The van der Waals surface area contributed by atoms with E-state index in [1.54, 1.807) is 29.1 Å². The first-order chi connectivity index (χ1) is 8.36. The highest BCUT2D eigenvalue weighted by molar-refractivity contribution is 4.93. The Kier molecular flexibility index (Phi) is 4.10. The number of hydrogen-bond donors (Lipinski definition) is 1. The Balaban J connectivity index is 1.67. The van der Waals surface area contributed by atoms with E-state index in [1.165, 1.54) is 0 Å². The van der Waals surface area contributed by atoms with E-state index in [0.29, 0.717) is 6.54 Å². The molecule has 0 saturated carbocycles. The predicted octanol–water partition coefficient (Wildman–Crippen LogP) is 0.335. The summed E-state index contributed by atoms with van der Waals surface area (Å²) in [6.45, 7) is 3.17. The van der Waals surface area contributed by atoms with Crippen LogP contribution in [0.4, 0.5) is 0 Å². The maximum atomic E-state index is 11.4. The maximum Gasteiger partial charge on any atom is 0.250 e. The van der Waals surface area contributed by atoms with Crippen LogP contribution in [0.25, 0.3) is 0 Å². The monoisotopic (exact) mass is 232 g/mol. The Morgan fingerprint density at radius 1 is 1.12 bits per heavy atom. The molecule has 0 aliphatic rings. The van der Waals surface area contributed by atoms with Crippen LogP contribution in [0.2, 0.25) is 0 Å². The smallest absolute Gasteiger partial charge is 0.250 e. The van der Waals surface area contributed by atoms with Crippen LogP contribution in [-0.4, -0.2) is 27.4 Å². The molecule has 0 saturated heterocycles. The molecule has 0 aliphatic heterocycles. The van der Waals surface area contributed by atoms with E-state index >= 15 is 0 Å². The van der Waals surface area contributed by atoms with Gasteiger partial charge in [-0.25, -0.2) is 0 Å². The number of nitrogens with zero attached hydrogens (tertiary/aromatic N) is 3. The van der Waals surface area contributed by atoms with Crippen LogP contribution in [0, 0.1) is 0 Å². The zero-order valence-corrected chi connectivity index (χ0v) is 9.62. The van der Waals surface area contributed by atoms with Gasteiger partial charge < -0.3 is 9.88 Å². The van der Waals surface area contributed by atoms with Gasteiger partial charge in [0.25, 0.3) is 5.56 Å². The van der Waals surface area contributed by atoms with Crippen molar-refractivity contribution in [1.29, 1.82) is 0 Å². The second-order valence-electron chi connectivity index (χ2n) is 3.75. The summed E-state index contributed by atoms with van der Waals surface area (Å²) in [7, 11) is 0. The molecule has 1 N–H and O–H groups in total. The van der Waals surface area contributed by atoms with E-state index in [9.17, 15) is 4.79 Å². The Morgan fingerprint density at radius 2 is 2.00 bits per heavy atom. The van der Waals surface area contributed by atoms with Crippen molar-refractivity contribution in [1.82, 2.24) is 19.7 Å². The highest BCUT2D eigenvalue weighted by atomic mass is 16.1. The molecule has 0 aliphatic carbocycles. The minimum atomic E-state index is 0.0429. The summed E-state index contributed by atoms with van der Waals surface area (Å²) in [5, 5.41) is 7.39. The number of aromatic nitrogens is 3. The van der Waals surface area contributed by atoms with Crippen LogP contribution in [0.5, 0.6) is 0 Å². The largest absolute Gasteiger partial charge is 0.314 e. The Morgan fingerprint density at radius 3 is 2.76 bits per heavy atom. The lowest BCUT2D eigenvalue weighted by atomic mass is 10.4. The Bertz CT molecular complexity index is 489. The van der Waals surface area contributed by atoms with Gasteiger partial charge in [0, 0.05) is 44.3 Å². The molecule has 0 radical (unpaired) electrons. The molecule has 2 heterocycles. The number of pyridine rings is 1. The van der Waals surface area contributed by atoms with Crippen molar-refractivity contribution < 1.29 is 0 Å². The first-order valence-corrected chi connectivity index (χ1v) is 5.70. The highest BCUT2D eigenvalue weighted by Crippen LogP contribution is 1.83. The molecule has 0 bridgehead atoms. The van der Waals surface area contributed by atoms with Crippen molar-refractivity contribution >= 4 is 0 Å². The Labute approximate surface area is 99.7 Å². The van der Waals surface area contributed by atoms with Crippen LogP contribution >= 0.6 is 0 Å². The summed E-state index contributed by atoms with van der Waals surface area (Å²) in [6.07, 6.45) is 5.50. The van der Waals surface area contributed by atoms with Gasteiger partial charge >= 0.3 is 0 Å². The van der Waals surface area contributed by atoms with Crippen molar-refractivity contribution in [3.05, 3.63) is 53.2 Å². The fraction of sp³-hybridized carbons (Fsp3) is 0.333. The summed E-state index contributed by atoms with van der Waals surface area (Å²) in [5.74, 6) is 0. The summed E-state index contributed by atoms with van der Waals surface area (Å²) >= 11 is 0. The molecule has 5 heteroatoms. The second kappa shape index (κ2) is 6.00. The van der Waals surface area contributed by atoms with Gasteiger partial charge in [-0.05, 0) is 12.1 Å². The molecule has 0 aromatic carbocycles. The lowest BCUT2D eigenvalue weighted by Gasteiger charge is -2.06. The number of rotatable bonds is 6. The summed E-state index contributed by atoms with van der Waals surface area (Å²) in [4.78, 5) is 11.4. The molecule has 90 valence electrons. The van der Waals surface area contributed by atoms with Gasteiger partial charge in [0.05, 0.1) is 6.54 Å². The summed E-state index contributed by atoms with van der Waals surface area (Å²) in [6, 6.07) is 7.10. The van der Waals surface area contributed by atoms with Crippen molar-refractivity contribution in [2.75, 3.05) is 13.1 Å². The lowest BCUT2D eigenvalue weighted by Crippen LogP contribution is -2.28. The van der Waals surface area contributed by atoms with Crippen LogP contribution < -0.4 is 10.9 Å². The first kappa shape index (κ1) is 11.6. The third-order valence-corrected chi connectivity index (χ3v) is 2.51. The van der Waals surface area contributed by atoms with Gasteiger partial charge in [-0.2, -0.15) is 5.10 Å². The van der Waals surface area contributed by atoms with Crippen molar-refractivity contribution in [2.45, 2.75) is 13.1 Å². The van der Waals surface area contributed by atoms with Gasteiger partial charge in [-0.15, -0.1) is 0 Å². The molecule has 0 amide bonds. The fourth-order valence-corrected chi connectivity index (χ4v) is 1.60. The lowest BCUT2D eigenvalue weighted by molar-refractivity contribution is 0.527. The fourth-order valence-electron chi connectivity index (χ4n) is 1.60. The summed E-state index contributed by atoms with van der Waals surface area (Å²) < 4.78 is 3.57. The van der Waals surface area contributed by atoms with E-state index in [1.807, 2.05) is 23.0 Å². The molecule has 2 rings (SSSR count). The summed E-state index contributed by atoms with van der Waals surface area (Å²) in [5.41, 5.74) is 0.0429. The quantitative estimate of drug-likeness (QED) is 0.730. The average Bonchev–Trinajstić information content (AvgIpc) is 2.84. The Hall–Kier alpha value is -1.88. The van der Waals surface area contributed by atoms with Gasteiger partial charge in [-0.3, -0.25) is 9.48 Å². The van der Waals surface area contributed by atoms with Crippen LogP contribution in [0.3, 0.4) is 0 Å². The van der Waals surface area contributed by atoms with E-state index in [-0.39, 0.29) is 5.56 Å². The van der Waals surface area contributed by atoms with Crippen molar-refractivity contribution in [3.63, 3.8) is 0 Å². The zero-order chi connectivity index (χ0) is 11.9. The molecule has 0 atom stereocenters. The molecule has 0 unspecified atom stereocenters. The molecule has 5 nitrogen and oxygen atoms in total. The van der Waals surface area contributed by atoms with Crippen LogP contribution in [-0.2, 0) is 13.1 Å². The normalized spacial score (nSPS) is 10.6. The number of nitrogens with one attached hydrogen (secondary N) is 1. The van der Waals surface area contributed by atoms with Crippen molar-refractivity contribution in [3.8, 4) is 0 Å². The minimum absolute atomic E-state index is 0.0429. The third kappa shape index (κ3) is 3.57. The van der Waals surface area contributed by atoms with Crippen LogP contribution in [0.15, 0.2) is 47.7 Å². The number of hydrogen-bond acceptors (Lipinski definition) is 3. The molecule has 17 heavy (non-hydrogen) atoms.